The maximum Gasteiger partial charge on any atom is 0.271 e. The summed E-state index contributed by atoms with van der Waals surface area (Å²) in [6.45, 7) is 5.76. The molecular formula is C31H29N3O4S. The second kappa shape index (κ2) is 11.1. The van der Waals surface area contributed by atoms with Gasteiger partial charge >= 0.3 is 0 Å². The van der Waals surface area contributed by atoms with E-state index >= 15 is 0 Å². The first-order valence-electron chi connectivity index (χ1n) is 12.6. The lowest BCUT2D eigenvalue weighted by Gasteiger charge is -2.25. The number of anilines is 1. The third kappa shape index (κ3) is 5.56. The third-order valence-corrected chi connectivity index (χ3v) is 7.26. The largest absolute Gasteiger partial charge is 0.497 e. The molecule has 2 heterocycles. The van der Waals surface area contributed by atoms with E-state index in [4.69, 9.17) is 14.5 Å². The Bertz CT molecular complexity index is 1700. The van der Waals surface area contributed by atoms with Crippen LogP contribution in [0.2, 0.25) is 0 Å². The van der Waals surface area contributed by atoms with Crippen LogP contribution in [-0.4, -0.2) is 23.7 Å². The van der Waals surface area contributed by atoms with Crippen molar-refractivity contribution in [1.82, 2.24) is 4.57 Å². The number of ether oxygens (including phenoxy) is 2. The van der Waals surface area contributed by atoms with Gasteiger partial charge in [0.05, 0.1) is 35.1 Å². The second-order valence-electron chi connectivity index (χ2n) is 9.41. The number of rotatable bonds is 7. The summed E-state index contributed by atoms with van der Waals surface area (Å²) in [6, 6.07) is 23.6. The minimum atomic E-state index is -0.653. The number of aromatic nitrogens is 1. The Morgan fingerprint density at radius 1 is 1.00 bits per heavy atom. The van der Waals surface area contributed by atoms with Crippen molar-refractivity contribution in [3.05, 3.63) is 121 Å². The molecule has 0 unspecified atom stereocenters. The molecule has 39 heavy (non-hydrogen) atoms. The molecule has 1 atom stereocenters. The average molecular weight is 540 g/mol. The Morgan fingerprint density at radius 3 is 2.31 bits per heavy atom. The summed E-state index contributed by atoms with van der Waals surface area (Å²) in [6.07, 6.45) is 1.92. The molecule has 0 saturated carbocycles. The number of nitrogens with one attached hydrogen (secondary N) is 1. The molecule has 5 rings (SSSR count). The van der Waals surface area contributed by atoms with Gasteiger partial charge in [0.1, 0.15) is 11.5 Å². The number of allylic oxidation sites excluding steroid dienone is 1. The Morgan fingerprint density at radius 2 is 1.67 bits per heavy atom. The van der Waals surface area contributed by atoms with E-state index in [0.717, 1.165) is 16.9 Å². The highest BCUT2D eigenvalue weighted by atomic mass is 32.1. The topological polar surface area (TPSA) is 81.9 Å². The van der Waals surface area contributed by atoms with Crippen LogP contribution in [0.3, 0.4) is 0 Å². The van der Waals surface area contributed by atoms with Gasteiger partial charge in [-0.1, -0.05) is 53.8 Å². The number of thiazole rings is 1. The molecule has 0 aliphatic carbocycles. The number of amides is 1. The number of carbonyl (C=O) groups excluding carboxylic acids is 1. The minimum Gasteiger partial charge on any atom is -0.497 e. The number of carbonyl (C=O) groups is 1. The molecule has 1 aliphatic rings. The van der Waals surface area contributed by atoms with Gasteiger partial charge < -0.3 is 14.8 Å². The molecule has 1 amide bonds. The minimum absolute atomic E-state index is 0.0778. The van der Waals surface area contributed by atoms with Crippen molar-refractivity contribution in [3.8, 4) is 11.5 Å². The molecule has 0 radical (unpaired) electrons. The van der Waals surface area contributed by atoms with E-state index in [2.05, 4.69) is 5.32 Å². The number of fused-ring (bicyclic) bond motifs is 1. The zero-order valence-corrected chi connectivity index (χ0v) is 23.0. The summed E-state index contributed by atoms with van der Waals surface area (Å²) >= 11 is 1.31. The average Bonchev–Trinajstić information content (AvgIpc) is 3.23. The van der Waals surface area contributed by atoms with Crippen LogP contribution in [0.5, 0.6) is 11.5 Å². The lowest BCUT2D eigenvalue weighted by molar-refractivity contribution is -0.113. The van der Waals surface area contributed by atoms with Crippen LogP contribution < -0.4 is 29.7 Å². The molecule has 0 fully saturated rings. The van der Waals surface area contributed by atoms with Crippen molar-refractivity contribution in [2.75, 3.05) is 12.4 Å². The van der Waals surface area contributed by atoms with E-state index in [9.17, 15) is 9.59 Å². The molecule has 0 bridgehead atoms. The van der Waals surface area contributed by atoms with E-state index in [0.29, 0.717) is 32.0 Å². The van der Waals surface area contributed by atoms with Gasteiger partial charge in [0.25, 0.3) is 11.5 Å². The monoisotopic (exact) mass is 539 g/mol. The lowest BCUT2D eigenvalue weighted by atomic mass is 9.95. The van der Waals surface area contributed by atoms with Crippen molar-refractivity contribution >= 4 is 29.0 Å². The van der Waals surface area contributed by atoms with Crippen molar-refractivity contribution in [2.24, 2.45) is 4.99 Å². The maximum absolute atomic E-state index is 13.8. The Balaban J connectivity index is 1.61. The molecule has 1 N–H and O–H groups in total. The third-order valence-electron chi connectivity index (χ3n) is 6.28. The van der Waals surface area contributed by atoms with E-state index in [1.807, 2.05) is 98.8 Å². The number of hydrogen-bond donors (Lipinski definition) is 1. The molecule has 1 aliphatic heterocycles. The zero-order valence-electron chi connectivity index (χ0n) is 22.2. The highest BCUT2D eigenvalue weighted by Crippen LogP contribution is 2.31. The van der Waals surface area contributed by atoms with Crippen LogP contribution in [0.15, 0.2) is 99.9 Å². The van der Waals surface area contributed by atoms with Gasteiger partial charge in [0.2, 0.25) is 0 Å². The van der Waals surface area contributed by atoms with Crippen molar-refractivity contribution in [2.45, 2.75) is 32.9 Å². The molecule has 8 heteroatoms. The van der Waals surface area contributed by atoms with Gasteiger partial charge in [0.15, 0.2) is 4.80 Å². The molecule has 198 valence electrons. The van der Waals surface area contributed by atoms with Crippen molar-refractivity contribution < 1.29 is 14.3 Å². The first-order chi connectivity index (χ1) is 18.8. The Labute approximate surface area is 230 Å². The fourth-order valence-corrected chi connectivity index (χ4v) is 5.55. The second-order valence-corrected chi connectivity index (χ2v) is 10.4. The van der Waals surface area contributed by atoms with Gasteiger partial charge in [-0.2, -0.15) is 0 Å². The van der Waals surface area contributed by atoms with E-state index in [1.165, 1.54) is 11.3 Å². The number of para-hydroxylation sites is 1. The standard InChI is InChI=1S/C31H29N3O4S/c1-19(2)38-25-14-10-21(11-15-25)18-26-30(36)34-28(22-12-16-24(37-4)17-13-22)27(20(3)32-31(34)39-26)29(35)33-23-8-6-5-7-9-23/h5-19,28H,1-4H3,(H,33,35)/t28-/m0/s1. The van der Waals surface area contributed by atoms with Crippen LogP contribution in [0.1, 0.15) is 37.9 Å². The predicted octanol–water partition coefficient (Wildman–Crippen LogP) is 4.67. The molecule has 3 aromatic carbocycles. The first-order valence-corrected chi connectivity index (χ1v) is 13.5. The van der Waals surface area contributed by atoms with Crippen molar-refractivity contribution in [3.63, 3.8) is 0 Å². The smallest absolute Gasteiger partial charge is 0.271 e. The van der Waals surface area contributed by atoms with Crippen LogP contribution in [0.4, 0.5) is 5.69 Å². The summed E-state index contributed by atoms with van der Waals surface area (Å²) in [5.74, 6) is 1.15. The van der Waals surface area contributed by atoms with Crippen molar-refractivity contribution in [1.29, 1.82) is 0 Å². The van der Waals surface area contributed by atoms with Gasteiger partial charge in [-0.3, -0.25) is 14.2 Å². The molecule has 1 aromatic heterocycles. The summed E-state index contributed by atoms with van der Waals surface area (Å²) in [7, 11) is 1.60. The van der Waals surface area contributed by atoms with E-state index < -0.39 is 6.04 Å². The fraction of sp³-hybridized carbons (Fsp3) is 0.194. The number of benzene rings is 3. The summed E-state index contributed by atoms with van der Waals surface area (Å²) < 4.78 is 13.2. The van der Waals surface area contributed by atoms with Gasteiger partial charge in [-0.25, -0.2) is 4.99 Å². The predicted molar refractivity (Wildman–Crippen MR) is 154 cm³/mol. The SMILES string of the molecule is COc1ccc([C@H]2C(C(=O)Nc3ccccc3)=C(C)N=c3sc(=Cc4ccc(OC(C)C)cc4)c(=O)n32)cc1. The van der Waals surface area contributed by atoms with Crippen LogP contribution in [0.25, 0.3) is 6.08 Å². The van der Waals surface area contributed by atoms with Gasteiger partial charge in [-0.05, 0) is 74.4 Å². The molecule has 4 aromatic rings. The Hall–Kier alpha value is -4.43. The highest BCUT2D eigenvalue weighted by molar-refractivity contribution is 7.07. The quantitative estimate of drug-likeness (QED) is 0.370. The van der Waals surface area contributed by atoms with Gasteiger partial charge in [0, 0.05) is 5.69 Å². The fourth-order valence-electron chi connectivity index (χ4n) is 4.50. The van der Waals surface area contributed by atoms with Crippen LogP contribution in [0, 0.1) is 0 Å². The molecule has 0 spiro atoms. The Kier molecular flexibility index (Phi) is 7.47. The van der Waals surface area contributed by atoms with Crippen LogP contribution >= 0.6 is 11.3 Å². The van der Waals surface area contributed by atoms with E-state index in [1.54, 1.807) is 18.6 Å². The van der Waals surface area contributed by atoms with Gasteiger partial charge in [-0.15, -0.1) is 0 Å². The van der Waals surface area contributed by atoms with Crippen LogP contribution in [-0.2, 0) is 4.79 Å². The lowest BCUT2D eigenvalue weighted by Crippen LogP contribution is -2.40. The highest BCUT2D eigenvalue weighted by Gasteiger charge is 2.32. The normalized spacial score (nSPS) is 15.1. The number of methoxy groups -OCH3 is 1. The molecule has 7 nitrogen and oxygen atoms in total. The first kappa shape index (κ1) is 26.2. The maximum atomic E-state index is 13.8. The number of hydrogen-bond acceptors (Lipinski definition) is 6. The summed E-state index contributed by atoms with van der Waals surface area (Å²) in [5, 5.41) is 2.97. The molecule has 0 saturated heterocycles. The number of nitrogens with zero attached hydrogens (tertiary/aromatic N) is 2. The summed E-state index contributed by atoms with van der Waals surface area (Å²) in [4.78, 5) is 32.7. The van der Waals surface area contributed by atoms with E-state index in [-0.39, 0.29) is 17.6 Å². The summed E-state index contributed by atoms with van der Waals surface area (Å²) in [5.41, 5.74) is 3.09. The molecular weight excluding hydrogens is 510 g/mol. The zero-order chi connectivity index (χ0) is 27.5.